The van der Waals surface area contributed by atoms with E-state index in [4.69, 9.17) is 4.74 Å². The zero-order chi connectivity index (χ0) is 19.6. The molecule has 7 nitrogen and oxygen atoms in total. The van der Waals surface area contributed by atoms with Crippen LogP contribution in [0.3, 0.4) is 0 Å². The minimum atomic E-state index is -0.498. The van der Waals surface area contributed by atoms with Gasteiger partial charge >= 0.3 is 0 Å². The number of amides is 3. The number of nitrogens with zero attached hydrogens (tertiary/aromatic N) is 3. The van der Waals surface area contributed by atoms with Gasteiger partial charge in [-0.3, -0.25) is 14.4 Å². The van der Waals surface area contributed by atoms with E-state index in [1.165, 1.54) is 0 Å². The largest absolute Gasteiger partial charge is 0.479 e. The molecule has 1 aromatic rings. The van der Waals surface area contributed by atoms with Crippen molar-refractivity contribution in [2.45, 2.75) is 39.2 Å². The average molecular weight is 373 g/mol. The number of anilines is 1. The molecule has 0 aliphatic carbocycles. The zero-order valence-corrected chi connectivity index (χ0v) is 16.2. The molecule has 7 heteroatoms. The lowest BCUT2D eigenvalue weighted by Crippen LogP contribution is -2.50. The predicted molar refractivity (Wildman–Crippen MR) is 102 cm³/mol. The number of likely N-dealkylation sites (N-methyl/N-ethyl adjacent to an activating group) is 1. The summed E-state index contributed by atoms with van der Waals surface area (Å²) in [5.41, 5.74) is 1.54. The van der Waals surface area contributed by atoms with Crippen LogP contribution in [0, 0.1) is 0 Å². The SMILES string of the molecule is CCCC(=O)N1CCN(C(=O)Cc2ccc3c(c2)N(C)C(=O)C(C)O3)CC1. The third-order valence-electron chi connectivity index (χ3n) is 5.17. The fourth-order valence-electron chi connectivity index (χ4n) is 3.53. The maximum atomic E-state index is 12.6. The smallest absolute Gasteiger partial charge is 0.267 e. The highest BCUT2D eigenvalue weighted by Gasteiger charge is 2.29. The van der Waals surface area contributed by atoms with Gasteiger partial charge in [-0.15, -0.1) is 0 Å². The Morgan fingerprint density at radius 1 is 1.11 bits per heavy atom. The van der Waals surface area contributed by atoms with E-state index >= 15 is 0 Å². The van der Waals surface area contributed by atoms with Crippen molar-refractivity contribution in [3.63, 3.8) is 0 Å². The molecule has 2 aliphatic rings. The van der Waals surface area contributed by atoms with Crippen LogP contribution >= 0.6 is 0 Å². The van der Waals surface area contributed by atoms with Crippen molar-refractivity contribution in [1.82, 2.24) is 9.80 Å². The molecule has 2 heterocycles. The molecule has 1 fully saturated rings. The Hall–Kier alpha value is -2.57. The van der Waals surface area contributed by atoms with E-state index in [1.54, 1.807) is 18.9 Å². The molecule has 0 bridgehead atoms. The Kier molecular flexibility index (Phi) is 5.68. The maximum Gasteiger partial charge on any atom is 0.267 e. The van der Waals surface area contributed by atoms with Crippen molar-refractivity contribution >= 4 is 23.4 Å². The summed E-state index contributed by atoms with van der Waals surface area (Å²) in [5.74, 6) is 0.764. The summed E-state index contributed by atoms with van der Waals surface area (Å²) in [6.07, 6.45) is 1.18. The van der Waals surface area contributed by atoms with E-state index in [-0.39, 0.29) is 24.1 Å². The van der Waals surface area contributed by atoms with E-state index in [1.807, 2.05) is 34.9 Å². The van der Waals surface area contributed by atoms with Gasteiger partial charge in [0.2, 0.25) is 11.8 Å². The molecule has 0 spiro atoms. The summed E-state index contributed by atoms with van der Waals surface area (Å²) >= 11 is 0. The number of fused-ring (bicyclic) bond motifs is 1. The van der Waals surface area contributed by atoms with Gasteiger partial charge in [-0.05, 0) is 31.0 Å². The normalized spacial score (nSPS) is 19.6. The van der Waals surface area contributed by atoms with Gasteiger partial charge in [0, 0.05) is 39.6 Å². The van der Waals surface area contributed by atoms with Gasteiger partial charge in [-0.1, -0.05) is 13.0 Å². The molecule has 0 radical (unpaired) electrons. The Morgan fingerprint density at radius 3 is 2.37 bits per heavy atom. The molecule has 146 valence electrons. The number of benzene rings is 1. The van der Waals surface area contributed by atoms with E-state index in [0.717, 1.165) is 12.0 Å². The second-order valence-electron chi connectivity index (χ2n) is 7.15. The average Bonchev–Trinajstić information content (AvgIpc) is 2.67. The molecule has 3 amide bonds. The number of piperazine rings is 1. The molecule has 3 rings (SSSR count). The van der Waals surface area contributed by atoms with Gasteiger partial charge in [0.15, 0.2) is 6.10 Å². The fraction of sp³-hybridized carbons (Fsp3) is 0.550. The molecular weight excluding hydrogens is 346 g/mol. The van der Waals surface area contributed by atoms with E-state index in [2.05, 4.69) is 0 Å². The Balaban J connectivity index is 1.61. The lowest BCUT2D eigenvalue weighted by atomic mass is 10.1. The number of hydrogen-bond donors (Lipinski definition) is 0. The van der Waals surface area contributed by atoms with Crippen LogP contribution in [0.15, 0.2) is 18.2 Å². The Morgan fingerprint density at radius 2 is 1.74 bits per heavy atom. The van der Waals surface area contributed by atoms with Crippen LogP contribution in [0.5, 0.6) is 5.75 Å². The third-order valence-corrected chi connectivity index (χ3v) is 5.17. The first-order valence-corrected chi connectivity index (χ1v) is 9.53. The molecule has 27 heavy (non-hydrogen) atoms. The van der Waals surface area contributed by atoms with Crippen LogP contribution in [-0.4, -0.2) is 66.9 Å². The highest BCUT2D eigenvalue weighted by Crippen LogP contribution is 2.34. The lowest BCUT2D eigenvalue weighted by Gasteiger charge is -2.35. The summed E-state index contributed by atoms with van der Waals surface area (Å²) in [6, 6.07) is 5.53. The van der Waals surface area contributed by atoms with Crippen molar-refractivity contribution in [3.05, 3.63) is 23.8 Å². The highest BCUT2D eigenvalue weighted by atomic mass is 16.5. The molecule has 1 unspecified atom stereocenters. The van der Waals surface area contributed by atoms with E-state index in [0.29, 0.717) is 44.0 Å². The van der Waals surface area contributed by atoms with Gasteiger partial charge in [0.1, 0.15) is 5.75 Å². The number of rotatable bonds is 4. The first kappa shape index (κ1) is 19.2. The van der Waals surface area contributed by atoms with Crippen LogP contribution in [0.1, 0.15) is 32.3 Å². The summed E-state index contributed by atoms with van der Waals surface area (Å²) in [6.45, 7) is 6.04. The number of hydrogen-bond acceptors (Lipinski definition) is 4. The molecule has 2 aliphatic heterocycles. The van der Waals surface area contributed by atoms with Crippen molar-refractivity contribution in [2.24, 2.45) is 0 Å². The second-order valence-corrected chi connectivity index (χ2v) is 7.15. The first-order chi connectivity index (χ1) is 12.9. The molecule has 1 atom stereocenters. The van der Waals surface area contributed by atoms with Gasteiger partial charge in [-0.2, -0.15) is 0 Å². The summed E-state index contributed by atoms with van der Waals surface area (Å²) in [7, 11) is 1.72. The highest BCUT2D eigenvalue weighted by molar-refractivity contribution is 5.99. The monoisotopic (exact) mass is 373 g/mol. The van der Waals surface area contributed by atoms with Crippen LogP contribution in [0.2, 0.25) is 0 Å². The molecule has 1 saturated heterocycles. The minimum Gasteiger partial charge on any atom is -0.479 e. The molecule has 0 aromatic heterocycles. The molecule has 0 saturated carbocycles. The van der Waals surface area contributed by atoms with Gasteiger partial charge in [0.25, 0.3) is 5.91 Å². The van der Waals surface area contributed by atoms with Crippen LogP contribution in [0.4, 0.5) is 5.69 Å². The van der Waals surface area contributed by atoms with E-state index < -0.39 is 6.10 Å². The van der Waals surface area contributed by atoms with Crippen LogP contribution < -0.4 is 9.64 Å². The second kappa shape index (κ2) is 7.98. The molecular formula is C20H27N3O4. The van der Waals surface area contributed by atoms with Gasteiger partial charge in [0.05, 0.1) is 12.1 Å². The van der Waals surface area contributed by atoms with Crippen molar-refractivity contribution in [1.29, 1.82) is 0 Å². The van der Waals surface area contributed by atoms with Crippen LogP contribution in [0.25, 0.3) is 0 Å². The van der Waals surface area contributed by atoms with Crippen molar-refractivity contribution < 1.29 is 19.1 Å². The standard InChI is InChI=1S/C20H27N3O4/c1-4-5-18(24)22-8-10-23(11-9-22)19(25)13-15-6-7-17-16(12-15)21(3)20(26)14(2)27-17/h6-7,12,14H,4-5,8-11,13H2,1-3H3. The number of carbonyl (C=O) groups excluding carboxylic acids is 3. The van der Waals surface area contributed by atoms with Crippen LogP contribution in [-0.2, 0) is 20.8 Å². The third kappa shape index (κ3) is 4.07. The topological polar surface area (TPSA) is 70.2 Å². The predicted octanol–water partition coefficient (Wildman–Crippen LogP) is 1.44. The first-order valence-electron chi connectivity index (χ1n) is 9.53. The summed E-state index contributed by atoms with van der Waals surface area (Å²) in [4.78, 5) is 41.9. The molecule has 0 N–H and O–H groups in total. The maximum absolute atomic E-state index is 12.6. The zero-order valence-electron chi connectivity index (χ0n) is 16.2. The molecule has 1 aromatic carbocycles. The Bertz CT molecular complexity index is 741. The fourth-order valence-corrected chi connectivity index (χ4v) is 3.53. The van der Waals surface area contributed by atoms with Crippen molar-refractivity contribution in [2.75, 3.05) is 38.1 Å². The summed E-state index contributed by atoms with van der Waals surface area (Å²) < 4.78 is 5.62. The Labute approximate surface area is 159 Å². The number of carbonyl (C=O) groups is 3. The van der Waals surface area contributed by atoms with Gasteiger partial charge < -0.3 is 19.4 Å². The van der Waals surface area contributed by atoms with Crippen molar-refractivity contribution in [3.8, 4) is 5.75 Å². The minimum absolute atomic E-state index is 0.0385. The summed E-state index contributed by atoms with van der Waals surface area (Å²) in [5, 5.41) is 0. The number of ether oxygens (including phenoxy) is 1. The van der Waals surface area contributed by atoms with E-state index in [9.17, 15) is 14.4 Å². The van der Waals surface area contributed by atoms with Gasteiger partial charge in [-0.25, -0.2) is 0 Å². The quantitative estimate of drug-likeness (QED) is 0.801. The lowest BCUT2D eigenvalue weighted by molar-refractivity contribution is -0.139.